The molecular weight excluding hydrogens is 246 g/mol. The summed E-state index contributed by atoms with van der Waals surface area (Å²) in [6.07, 6.45) is 1.74. The lowest BCUT2D eigenvalue weighted by Crippen LogP contribution is -2.18. The van der Waals surface area contributed by atoms with Crippen LogP contribution < -0.4 is 5.32 Å². The number of benzene rings is 1. The van der Waals surface area contributed by atoms with Crippen molar-refractivity contribution in [2.75, 3.05) is 11.1 Å². The fourth-order valence-electron chi connectivity index (χ4n) is 1.50. The monoisotopic (exact) mass is 263 g/mol. The van der Waals surface area contributed by atoms with E-state index >= 15 is 0 Å². The normalized spacial score (nSPS) is 11.7. The SMILES string of the molecule is CC(C)(C)SCC(=O)Nc1ccc2[nH]ncc2c1. The molecule has 2 N–H and O–H groups in total. The Morgan fingerprint density at radius 2 is 2.22 bits per heavy atom. The van der Waals surface area contributed by atoms with E-state index in [2.05, 4.69) is 36.3 Å². The summed E-state index contributed by atoms with van der Waals surface area (Å²) < 4.78 is 0.103. The first-order chi connectivity index (χ1) is 8.44. The van der Waals surface area contributed by atoms with Crippen LogP contribution in [0.25, 0.3) is 10.9 Å². The van der Waals surface area contributed by atoms with E-state index in [1.165, 1.54) is 0 Å². The molecule has 0 saturated heterocycles. The van der Waals surface area contributed by atoms with Crippen molar-refractivity contribution in [3.63, 3.8) is 0 Å². The average molecular weight is 263 g/mol. The summed E-state index contributed by atoms with van der Waals surface area (Å²) in [5, 5.41) is 10.7. The van der Waals surface area contributed by atoms with Gasteiger partial charge >= 0.3 is 0 Å². The van der Waals surface area contributed by atoms with Gasteiger partial charge in [0, 0.05) is 15.8 Å². The highest BCUT2D eigenvalue weighted by atomic mass is 32.2. The second-order valence-electron chi connectivity index (χ2n) is 5.12. The summed E-state index contributed by atoms with van der Waals surface area (Å²) in [5.74, 6) is 0.491. The molecule has 0 bridgehead atoms. The number of amides is 1. The van der Waals surface area contributed by atoms with E-state index in [-0.39, 0.29) is 10.7 Å². The highest BCUT2D eigenvalue weighted by Gasteiger charge is 2.13. The molecule has 0 aliphatic rings. The van der Waals surface area contributed by atoms with Crippen molar-refractivity contribution in [1.82, 2.24) is 10.2 Å². The summed E-state index contributed by atoms with van der Waals surface area (Å²) in [6, 6.07) is 5.70. The zero-order valence-corrected chi connectivity index (χ0v) is 11.6. The Bertz CT molecular complexity index is 557. The number of nitrogens with one attached hydrogen (secondary N) is 2. The molecule has 0 unspecified atom stereocenters. The molecule has 0 atom stereocenters. The predicted molar refractivity (Wildman–Crippen MR) is 76.9 cm³/mol. The molecule has 0 aliphatic carbocycles. The van der Waals surface area contributed by atoms with Gasteiger partial charge in [0.25, 0.3) is 0 Å². The van der Waals surface area contributed by atoms with Crippen molar-refractivity contribution >= 4 is 34.3 Å². The van der Waals surface area contributed by atoms with Gasteiger partial charge in [-0.2, -0.15) is 5.10 Å². The van der Waals surface area contributed by atoms with Gasteiger partial charge in [-0.05, 0) is 18.2 Å². The number of aromatic amines is 1. The van der Waals surface area contributed by atoms with E-state index < -0.39 is 0 Å². The molecule has 1 aromatic heterocycles. The highest BCUT2D eigenvalue weighted by molar-refractivity contribution is 8.01. The first-order valence-electron chi connectivity index (χ1n) is 5.81. The first kappa shape index (κ1) is 13.0. The van der Waals surface area contributed by atoms with Crippen molar-refractivity contribution in [2.45, 2.75) is 25.5 Å². The van der Waals surface area contributed by atoms with Gasteiger partial charge in [-0.25, -0.2) is 0 Å². The Labute approximate surface area is 111 Å². The molecule has 0 fully saturated rings. The molecule has 2 rings (SSSR count). The van der Waals surface area contributed by atoms with E-state index in [0.29, 0.717) is 5.75 Å². The largest absolute Gasteiger partial charge is 0.325 e. The number of hydrogen-bond donors (Lipinski definition) is 2. The molecule has 5 heteroatoms. The number of H-pyrrole nitrogens is 1. The lowest BCUT2D eigenvalue weighted by Gasteiger charge is -2.16. The molecule has 1 amide bonds. The smallest absolute Gasteiger partial charge is 0.234 e. The Morgan fingerprint density at radius 1 is 1.44 bits per heavy atom. The van der Waals surface area contributed by atoms with Gasteiger partial charge in [0.05, 0.1) is 17.5 Å². The fourth-order valence-corrected chi connectivity index (χ4v) is 2.14. The fraction of sp³-hybridized carbons (Fsp3) is 0.385. The molecule has 4 nitrogen and oxygen atoms in total. The van der Waals surface area contributed by atoms with Crippen molar-refractivity contribution in [3.05, 3.63) is 24.4 Å². The molecule has 1 aromatic carbocycles. The van der Waals surface area contributed by atoms with Gasteiger partial charge in [0.1, 0.15) is 0 Å². The Kier molecular flexibility index (Phi) is 3.61. The van der Waals surface area contributed by atoms with Crippen LogP contribution in [-0.4, -0.2) is 26.6 Å². The summed E-state index contributed by atoms with van der Waals surface area (Å²) in [6.45, 7) is 6.30. The quantitative estimate of drug-likeness (QED) is 0.895. The predicted octanol–water partition coefficient (Wildman–Crippen LogP) is 3.03. The number of thioether (sulfide) groups is 1. The lowest BCUT2D eigenvalue weighted by molar-refractivity contribution is -0.113. The minimum Gasteiger partial charge on any atom is -0.325 e. The number of nitrogens with zero attached hydrogens (tertiary/aromatic N) is 1. The minimum atomic E-state index is 0.0257. The number of anilines is 1. The third kappa shape index (κ3) is 3.50. The van der Waals surface area contributed by atoms with Crippen LogP contribution in [0.5, 0.6) is 0 Å². The molecule has 96 valence electrons. The lowest BCUT2D eigenvalue weighted by atomic mass is 10.2. The second-order valence-corrected chi connectivity index (χ2v) is 6.92. The summed E-state index contributed by atoms with van der Waals surface area (Å²) >= 11 is 1.64. The Balaban J connectivity index is 1.98. The van der Waals surface area contributed by atoms with Crippen LogP contribution in [0.15, 0.2) is 24.4 Å². The molecule has 0 radical (unpaired) electrons. The first-order valence-corrected chi connectivity index (χ1v) is 6.79. The van der Waals surface area contributed by atoms with Crippen LogP contribution in [0, 0.1) is 0 Å². The van der Waals surface area contributed by atoms with Gasteiger partial charge in [0.15, 0.2) is 0 Å². The van der Waals surface area contributed by atoms with Crippen molar-refractivity contribution < 1.29 is 4.79 Å². The zero-order chi connectivity index (χ0) is 13.2. The van der Waals surface area contributed by atoms with E-state index in [1.54, 1.807) is 18.0 Å². The third-order valence-corrected chi connectivity index (χ3v) is 3.63. The zero-order valence-electron chi connectivity index (χ0n) is 10.8. The van der Waals surface area contributed by atoms with Crippen LogP contribution in [0.4, 0.5) is 5.69 Å². The minimum absolute atomic E-state index is 0.0257. The van der Waals surface area contributed by atoms with E-state index in [9.17, 15) is 4.79 Å². The van der Waals surface area contributed by atoms with Crippen LogP contribution in [0.3, 0.4) is 0 Å². The van der Waals surface area contributed by atoms with Crippen molar-refractivity contribution in [2.24, 2.45) is 0 Å². The Hall–Kier alpha value is -1.49. The average Bonchev–Trinajstić information content (AvgIpc) is 2.72. The number of rotatable bonds is 3. The van der Waals surface area contributed by atoms with Crippen LogP contribution >= 0.6 is 11.8 Å². The van der Waals surface area contributed by atoms with Gasteiger partial charge < -0.3 is 5.32 Å². The number of carbonyl (C=O) groups excluding carboxylic acids is 1. The standard InChI is InChI=1S/C13H17N3OS/c1-13(2,3)18-8-12(17)15-10-4-5-11-9(6-10)7-14-16-11/h4-7H,8H2,1-3H3,(H,14,16)(H,15,17). The van der Waals surface area contributed by atoms with Crippen LogP contribution in [-0.2, 0) is 4.79 Å². The summed E-state index contributed by atoms with van der Waals surface area (Å²) in [7, 11) is 0. The third-order valence-electron chi connectivity index (χ3n) is 2.36. The second kappa shape index (κ2) is 5.02. The van der Waals surface area contributed by atoms with Gasteiger partial charge in [-0.15, -0.1) is 11.8 Å². The van der Waals surface area contributed by atoms with Gasteiger partial charge in [-0.1, -0.05) is 20.8 Å². The van der Waals surface area contributed by atoms with Crippen LogP contribution in [0.1, 0.15) is 20.8 Å². The summed E-state index contributed by atoms with van der Waals surface area (Å²) in [4.78, 5) is 11.8. The van der Waals surface area contributed by atoms with E-state index in [0.717, 1.165) is 16.6 Å². The topological polar surface area (TPSA) is 57.8 Å². The number of hydrogen-bond acceptors (Lipinski definition) is 3. The molecule has 18 heavy (non-hydrogen) atoms. The maximum atomic E-state index is 11.8. The van der Waals surface area contributed by atoms with Crippen LogP contribution in [0.2, 0.25) is 0 Å². The van der Waals surface area contributed by atoms with Crippen molar-refractivity contribution in [1.29, 1.82) is 0 Å². The molecule has 0 saturated carbocycles. The number of aromatic nitrogens is 2. The van der Waals surface area contributed by atoms with Crippen molar-refractivity contribution in [3.8, 4) is 0 Å². The van der Waals surface area contributed by atoms with E-state index in [1.807, 2.05) is 18.2 Å². The number of fused-ring (bicyclic) bond motifs is 1. The number of carbonyl (C=O) groups is 1. The molecule has 0 aliphatic heterocycles. The molecule has 2 aromatic rings. The van der Waals surface area contributed by atoms with Gasteiger partial charge in [0.2, 0.25) is 5.91 Å². The summed E-state index contributed by atoms with van der Waals surface area (Å²) in [5.41, 5.74) is 1.78. The maximum absolute atomic E-state index is 11.8. The molecular formula is C13H17N3OS. The maximum Gasteiger partial charge on any atom is 0.234 e. The Morgan fingerprint density at radius 3 is 2.94 bits per heavy atom. The molecule has 1 heterocycles. The molecule has 0 spiro atoms. The van der Waals surface area contributed by atoms with Gasteiger partial charge in [-0.3, -0.25) is 9.89 Å². The van der Waals surface area contributed by atoms with E-state index in [4.69, 9.17) is 0 Å². The highest BCUT2D eigenvalue weighted by Crippen LogP contribution is 2.23.